The van der Waals surface area contributed by atoms with Gasteiger partial charge in [-0.2, -0.15) is 5.10 Å². The third-order valence-corrected chi connectivity index (χ3v) is 5.81. The fourth-order valence-corrected chi connectivity index (χ4v) is 3.71. The lowest BCUT2D eigenvalue weighted by atomic mass is 10.0. The number of sulfone groups is 1. The van der Waals surface area contributed by atoms with E-state index >= 15 is 0 Å². The fourth-order valence-electron chi connectivity index (χ4n) is 3.08. The zero-order valence-corrected chi connectivity index (χ0v) is 17.2. The molecular weight excluding hydrogens is 392 g/mol. The van der Waals surface area contributed by atoms with Crippen molar-refractivity contribution in [3.05, 3.63) is 54.7 Å². The zero-order valence-electron chi connectivity index (χ0n) is 16.4. The Morgan fingerprint density at radius 1 is 1.10 bits per heavy atom. The molecule has 1 heterocycles. The first-order valence-electron chi connectivity index (χ1n) is 9.01. The number of benzene rings is 2. The molecule has 1 atom stereocenters. The number of hydrogen-bond donors (Lipinski definition) is 1. The fraction of sp³-hybridized carbons (Fsp3) is 0.238. The topological polar surface area (TPSA) is 98.5 Å². The molecule has 1 unspecified atom stereocenters. The Hall–Kier alpha value is -3.13. The number of carbonyl (C=O) groups is 1. The summed E-state index contributed by atoms with van der Waals surface area (Å²) < 4.78 is 30.1. The van der Waals surface area contributed by atoms with E-state index in [9.17, 15) is 18.3 Å². The van der Waals surface area contributed by atoms with Gasteiger partial charge in [0, 0.05) is 23.6 Å². The van der Waals surface area contributed by atoms with E-state index in [4.69, 9.17) is 4.74 Å². The van der Waals surface area contributed by atoms with Crippen LogP contribution in [0.4, 0.5) is 0 Å². The summed E-state index contributed by atoms with van der Waals surface area (Å²) >= 11 is 0. The summed E-state index contributed by atoms with van der Waals surface area (Å²) in [5.41, 5.74) is 2.87. The minimum Gasteiger partial charge on any atom is -0.497 e. The molecule has 29 heavy (non-hydrogen) atoms. The lowest BCUT2D eigenvalue weighted by molar-refractivity contribution is -0.141. The van der Waals surface area contributed by atoms with Crippen molar-refractivity contribution in [1.29, 1.82) is 0 Å². The quantitative estimate of drug-likeness (QED) is 0.633. The SMILES string of the molecule is CCC(C(=O)O)n1cc(-c2ccc(OC)cc2)c(-c2ccc(S(C)(=O)=O)cc2)n1. The van der Waals surface area contributed by atoms with Gasteiger partial charge in [-0.1, -0.05) is 31.2 Å². The van der Waals surface area contributed by atoms with Gasteiger partial charge in [-0.3, -0.25) is 4.68 Å². The lowest BCUT2D eigenvalue weighted by Crippen LogP contribution is -2.18. The predicted octanol–water partition coefficient (Wildman–Crippen LogP) is 3.66. The molecule has 7 nitrogen and oxygen atoms in total. The predicted molar refractivity (Wildman–Crippen MR) is 110 cm³/mol. The molecule has 0 radical (unpaired) electrons. The summed E-state index contributed by atoms with van der Waals surface area (Å²) in [5, 5.41) is 14.1. The summed E-state index contributed by atoms with van der Waals surface area (Å²) in [6.07, 6.45) is 3.24. The van der Waals surface area contributed by atoms with Crippen molar-refractivity contribution in [2.24, 2.45) is 0 Å². The third kappa shape index (κ3) is 4.32. The van der Waals surface area contributed by atoms with Crippen LogP contribution in [0.1, 0.15) is 19.4 Å². The monoisotopic (exact) mass is 414 g/mol. The van der Waals surface area contributed by atoms with Crippen LogP contribution in [0.25, 0.3) is 22.4 Å². The van der Waals surface area contributed by atoms with E-state index in [-0.39, 0.29) is 4.90 Å². The van der Waals surface area contributed by atoms with Gasteiger partial charge in [-0.25, -0.2) is 13.2 Å². The van der Waals surface area contributed by atoms with Crippen LogP contribution in [0.3, 0.4) is 0 Å². The largest absolute Gasteiger partial charge is 0.497 e. The molecule has 0 saturated heterocycles. The highest BCUT2D eigenvalue weighted by atomic mass is 32.2. The van der Waals surface area contributed by atoms with Crippen molar-refractivity contribution in [3.63, 3.8) is 0 Å². The summed E-state index contributed by atoms with van der Waals surface area (Å²) in [7, 11) is -1.73. The molecule has 3 aromatic rings. The molecule has 152 valence electrons. The van der Waals surface area contributed by atoms with E-state index in [1.165, 1.54) is 16.8 Å². The van der Waals surface area contributed by atoms with Crippen LogP contribution in [0.2, 0.25) is 0 Å². The van der Waals surface area contributed by atoms with Crippen molar-refractivity contribution >= 4 is 15.8 Å². The number of methoxy groups -OCH3 is 1. The number of aromatic nitrogens is 2. The normalized spacial score (nSPS) is 12.5. The smallest absolute Gasteiger partial charge is 0.328 e. The van der Waals surface area contributed by atoms with Gasteiger partial charge >= 0.3 is 5.97 Å². The number of ether oxygens (including phenoxy) is 1. The molecule has 1 aromatic heterocycles. The molecular formula is C21H22N2O5S. The number of rotatable bonds is 7. The molecule has 0 aliphatic heterocycles. The molecule has 0 aliphatic rings. The summed E-state index contributed by atoms with van der Waals surface area (Å²) in [6, 6.07) is 13.0. The maximum Gasteiger partial charge on any atom is 0.328 e. The highest BCUT2D eigenvalue weighted by Gasteiger charge is 2.22. The van der Waals surface area contributed by atoms with E-state index in [1.807, 2.05) is 24.3 Å². The zero-order chi connectivity index (χ0) is 21.2. The van der Waals surface area contributed by atoms with Crippen molar-refractivity contribution in [3.8, 4) is 28.1 Å². The Morgan fingerprint density at radius 2 is 1.69 bits per heavy atom. The first kappa shape index (κ1) is 20.6. The van der Waals surface area contributed by atoms with Gasteiger partial charge in [0.1, 0.15) is 17.5 Å². The number of aliphatic carboxylic acids is 1. The van der Waals surface area contributed by atoms with Gasteiger partial charge in [0.25, 0.3) is 0 Å². The Labute approximate surface area is 169 Å². The molecule has 0 aliphatic carbocycles. The molecule has 0 spiro atoms. The van der Waals surface area contributed by atoms with Crippen molar-refractivity contribution < 1.29 is 23.1 Å². The van der Waals surface area contributed by atoms with Crippen LogP contribution in [-0.4, -0.2) is 42.6 Å². The highest BCUT2D eigenvalue weighted by Crippen LogP contribution is 2.34. The third-order valence-electron chi connectivity index (χ3n) is 4.68. The van der Waals surface area contributed by atoms with Gasteiger partial charge in [-0.15, -0.1) is 0 Å². The van der Waals surface area contributed by atoms with E-state index in [0.717, 1.165) is 17.4 Å². The van der Waals surface area contributed by atoms with Gasteiger partial charge in [0.2, 0.25) is 0 Å². The molecule has 0 saturated carbocycles. The summed E-state index contributed by atoms with van der Waals surface area (Å²) in [6.45, 7) is 1.79. The molecule has 1 N–H and O–H groups in total. The van der Waals surface area contributed by atoms with Gasteiger partial charge < -0.3 is 9.84 Å². The minimum absolute atomic E-state index is 0.212. The number of hydrogen-bond acceptors (Lipinski definition) is 5. The standard InChI is InChI=1S/C21H22N2O5S/c1-4-19(21(24)25)23-13-18(14-5-9-16(28-2)10-6-14)20(22-23)15-7-11-17(12-8-15)29(3,26)27/h5-13,19H,4H2,1-3H3,(H,24,25). The molecule has 0 bridgehead atoms. The molecule has 0 fully saturated rings. The van der Waals surface area contributed by atoms with Crippen LogP contribution in [0.15, 0.2) is 59.6 Å². The second kappa shape index (κ2) is 8.08. The lowest BCUT2D eigenvalue weighted by Gasteiger charge is -2.09. The average Bonchev–Trinajstić information content (AvgIpc) is 3.12. The average molecular weight is 414 g/mol. The number of nitrogens with zero attached hydrogens (tertiary/aromatic N) is 2. The first-order chi connectivity index (χ1) is 13.7. The molecule has 3 rings (SSSR count). The highest BCUT2D eigenvalue weighted by molar-refractivity contribution is 7.90. The van der Waals surface area contributed by atoms with Crippen LogP contribution in [-0.2, 0) is 14.6 Å². The number of carboxylic acid groups (broad SMARTS) is 1. The van der Waals surface area contributed by atoms with Gasteiger partial charge in [0.15, 0.2) is 9.84 Å². The molecule has 2 aromatic carbocycles. The Bertz CT molecular complexity index is 1120. The first-order valence-corrected chi connectivity index (χ1v) is 10.9. The summed E-state index contributed by atoms with van der Waals surface area (Å²) in [4.78, 5) is 11.8. The molecule has 8 heteroatoms. The van der Waals surface area contributed by atoms with E-state index < -0.39 is 21.8 Å². The van der Waals surface area contributed by atoms with Crippen LogP contribution < -0.4 is 4.74 Å². The molecule has 0 amide bonds. The van der Waals surface area contributed by atoms with Crippen molar-refractivity contribution in [1.82, 2.24) is 9.78 Å². The second-order valence-electron chi connectivity index (χ2n) is 6.66. The Morgan fingerprint density at radius 3 is 2.17 bits per heavy atom. The van der Waals surface area contributed by atoms with Crippen LogP contribution in [0.5, 0.6) is 5.75 Å². The van der Waals surface area contributed by atoms with E-state index in [1.54, 1.807) is 32.4 Å². The van der Waals surface area contributed by atoms with Crippen LogP contribution >= 0.6 is 0 Å². The maximum absolute atomic E-state index is 11.7. The van der Waals surface area contributed by atoms with Crippen molar-refractivity contribution in [2.45, 2.75) is 24.3 Å². The van der Waals surface area contributed by atoms with E-state index in [0.29, 0.717) is 23.4 Å². The van der Waals surface area contributed by atoms with Crippen molar-refractivity contribution in [2.75, 3.05) is 13.4 Å². The Kier molecular flexibility index (Phi) is 5.74. The minimum atomic E-state index is -3.31. The summed E-state index contributed by atoms with van der Waals surface area (Å²) in [5.74, 6) is -0.257. The van der Waals surface area contributed by atoms with E-state index in [2.05, 4.69) is 5.10 Å². The maximum atomic E-state index is 11.7. The van der Waals surface area contributed by atoms with Gasteiger partial charge in [0.05, 0.1) is 12.0 Å². The second-order valence-corrected chi connectivity index (χ2v) is 8.67. The Balaban J connectivity index is 2.15. The van der Waals surface area contributed by atoms with Crippen LogP contribution in [0, 0.1) is 0 Å². The van der Waals surface area contributed by atoms with Gasteiger partial charge in [-0.05, 0) is 36.2 Å². The number of carboxylic acids is 1.